The summed E-state index contributed by atoms with van der Waals surface area (Å²) in [6.07, 6.45) is -4.13. The van der Waals surface area contributed by atoms with Crippen LogP contribution in [0.3, 0.4) is 0 Å². The number of thioether (sulfide) groups is 1. The van der Waals surface area contributed by atoms with Gasteiger partial charge in [-0.15, -0.1) is 11.8 Å². The smallest absolute Gasteiger partial charge is 0.402 e. The molecule has 0 unspecified atom stereocenters. The van der Waals surface area contributed by atoms with E-state index in [9.17, 15) is 22.4 Å². The largest absolute Gasteiger partial charge is 0.416 e. The monoisotopic (exact) mass is 567 g/mol. The molecule has 1 amide bonds. The number of rotatable bonds is 7. The van der Waals surface area contributed by atoms with Gasteiger partial charge in [0.15, 0.2) is 0 Å². The molecule has 11 heteroatoms. The van der Waals surface area contributed by atoms with Gasteiger partial charge in [0.05, 0.1) is 33.7 Å². The van der Waals surface area contributed by atoms with Gasteiger partial charge in [0.2, 0.25) is 5.95 Å². The van der Waals surface area contributed by atoms with E-state index in [1.165, 1.54) is 28.8 Å². The van der Waals surface area contributed by atoms with Crippen molar-refractivity contribution in [3.05, 3.63) is 113 Å². The number of aromatic nitrogens is 2. The van der Waals surface area contributed by atoms with Gasteiger partial charge in [-0.2, -0.15) is 13.2 Å². The number of hydrogen-bond acceptors (Lipinski definition) is 5. The highest BCUT2D eigenvalue weighted by atomic mass is 32.2. The van der Waals surface area contributed by atoms with Crippen molar-refractivity contribution < 1.29 is 22.4 Å². The Morgan fingerprint density at radius 3 is 2.55 bits per heavy atom. The van der Waals surface area contributed by atoms with Crippen LogP contribution in [0.2, 0.25) is 0 Å². The third-order valence-electron chi connectivity index (χ3n) is 6.56. The summed E-state index contributed by atoms with van der Waals surface area (Å²) in [5.74, 6) is -0.133. The minimum atomic E-state index is -4.48. The number of hydrogen-bond donors (Lipinski definition) is 2. The topological polar surface area (TPSA) is 78.2 Å². The van der Waals surface area contributed by atoms with Crippen LogP contribution in [0.5, 0.6) is 0 Å². The van der Waals surface area contributed by atoms with Gasteiger partial charge < -0.3 is 15.6 Å². The van der Waals surface area contributed by atoms with Crippen LogP contribution in [0, 0.1) is 5.82 Å². The summed E-state index contributed by atoms with van der Waals surface area (Å²) in [7, 11) is 0. The molecular formula is C29H25F4N5OS. The van der Waals surface area contributed by atoms with E-state index in [2.05, 4.69) is 16.5 Å². The number of carbonyl (C=O) groups excluding carboxylic acids is 1. The number of nitrogens with two attached hydrogens (primary N) is 1. The van der Waals surface area contributed by atoms with Crippen molar-refractivity contribution >= 4 is 40.3 Å². The van der Waals surface area contributed by atoms with Crippen LogP contribution in [0.1, 0.15) is 17.5 Å². The number of halogens is 4. The Hall–Kier alpha value is -4.25. The van der Waals surface area contributed by atoms with E-state index in [0.717, 1.165) is 12.1 Å². The molecule has 0 saturated heterocycles. The van der Waals surface area contributed by atoms with Crippen molar-refractivity contribution in [3.8, 4) is 0 Å². The number of imidazole rings is 1. The van der Waals surface area contributed by atoms with Gasteiger partial charge in [0.25, 0.3) is 5.91 Å². The molecule has 0 saturated carbocycles. The Labute approximate surface area is 232 Å². The van der Waals surface area contributed by atoms with Crippen molar-refractivity contribution in [1.82, 2.24) is 9.97 Å². The van der Waals surface area contributed by atoms with Crippen LogP contribution in [0.15, 0.2) is 95.7 Å². The van der Waals surface area contributed by atoms with Crippen LogP contribution in [0.25, 0.3) is 11.0 Å². The summed E-state index contributed by atoms with van der Waals surface area (Å²) < 4.78 is 53.7. The Morgan fingerprint density at radius 1 is 1.10 bits per heavy atom. The lowest BCUT2D eigenvalue weighted by molar-refractivity contribution is -0.137. The third kappa shape index (κ3) is 5.69. The van der Waals surface area contributed by atoms with Gasteiger partial charge in [-0.05, 0) is 42.0 Å². The first-order chi connectivity index (χ1) is 19.1. The van der Waals surface area contributed by atoms with E-state index >= 15 is 0 Å². The quantitative estimate of drug-likeness (QED) is 0.247. The molecule has 1 aromatic heterocycles. The van der Waals surface area contributed by atoms with Crippen molar-refractivity contribution in [2.45, 2.75) is 18.3 Å². The maximum Gasteiger partial charge on any atom is 0.416 e. The van der Waals surface area contributed by atoms with Crippen LogP contribution >= 0.6 is 11.8 Å². The minimum absolute atomic E-state index is 0.0885. The van der Waals surface area contributed by atoms with E-state index in [1.54, 1.807) is 47.4 Å². The number of H-pyrrole nitrogens is 1. The fourth-order valence-electron chi connectivity index (χ4n) is 4.41. The molecule has 40 heavy (non-hydrogen) atoms. The molecule has 1 aliphatic rings. The van der Waals surface area contributed by atoms with Gasteiger partial charge in [-0.25, -0.2) is 9.37 Å². The molecule has 0 bridgehead atoms. The summed E-state index contributed by atoms with van der Waals surface area (Å²) in [5, 5.41) is 0.389. The number of alkyl halides is 3. The normalized spacial score (nSPS) is 14.1. The van der Waals surface area contributed by atoms with Crippen LogP contribution in [-0.2, 0) is 16.7 Å². The molecule has 1 aliphatic heterocycles. The number of nitrogens with zero attached hydrogens (tertiary/aromatic N) is 3. The van der Waals surface area contributed by atoms with E-state index in [1.807, 2.05) is 6.07 Å². The summed E-state index contributed by atoms with van der Waals surface area (Å²) in [6.45, 7) is 4.62. The molecular weight excluding hydrogens is 542 g/mol. The number of aromatic amines is 1. The van der Waals surface area contributed by atoms with E-state index in [4.69, 9.17) is 5.73 Å². The summed E-state index contributed by atoms with van der Waals surface area (Å²) >= 11 is 1.23. The Kier molecular flexibility index (Phi) is 7.57. The standard InChI is InChI=1S/C29H25F4N5OS/c1-18(40-17-19-7-5-6-10-23(19)30)38(21-8-3-2-4-9-21)27(39)22-16-37(14-13-24(22)34)28-35-25-12-11-20(29(31,32)33)15-26(25)36-28/h2-12,15H,1,13-14,16-17,34H2,(H,35,36). The van der Waals surface area contributed by atoms with E-state index < -0.39 is 17.6 Å². The fraction of sp³-hybridized carbons (Fsp3) is 0.172. The first-order valence-corrected chi connectivity index (χ1v) is 13.3. The lowest BCUT2D eigenvalue weighted by atomic mass is 10.0. The number of nitrogens with one attached hydrogen (secondary N) is 1. The SMILES string of the molecule is C=C(SCc1ccccc1F)N(C(=O)C1=C(N)CCN(c2nc3ccc(C(F)(F)F)cc3[nH]2)C1)c1ccccc1. The molecule has 0 atom stereocenters. The highest BCUT2D eigenvalue weighted by Gasteiger charge is 2.32. The number of para-hydroxylation sites is 1. The number of anilines is 2. The van der Waals surface area contributed by atoms with Gasteiger partial charge >= 0.3 is 6.18 Å². The molecule has 0 spiro atoms. The van der Waals surface area contributed by atoms with Crippen LogP contribution in [0.4, 0.5) is 29.2 Å². The lowest BCUT2D eigenvalue weighted by Crippen LogP contribution is -2.41. The average Bonchev–Trinajstić information content (AvgIpc) is 3.37. The van der Waals surface area contributed by atoms with Gasteiger partial charge in [-0.1, -0.05) is 43.0 Å². The molecule has 0 radical (unpaired) electrons. The molecule has 5 rings (SSSR count). The predicted molar refractivity (Wildman–Crippen MR) is 150 cm³/mol. The highest BCUT2D eigenvalue weighted by molar-refractivity contribution is 8.02. The number of amides is 1. The zero-order valence-corrected chi connectivity index (χ0v) is 22.0. The van der Waals surface area contributed by atoms with Crippen LogP contribution < -0.4 is 15.5 Å². The maximum atomic E-state index is 14.2. The third-order valence-corrected chi connectivity index (χ3v) is 7.53. The van der Waals surface area contributed by atoms with Crippen molar-refractivity contribution in [1.29, 1.82) is 0 Å². The van der Waals surface area contributed by atoms with Crippen molar-refractivity contribution in [2.75, 3.05) is 22.9 Å². The predicted octanol–water partition coefficient (Wildman–Crippen LogP) is 6.58. The Bertz CT molecular complexity index is 1600. The molecule has 3 N–H and O–H groups in total. The molecule has 4 aromatic rings. The van der Waals surface area contributed by atoms with Gasteiger partial charge in [-0.3, -0.25) is 9.69 Å². The highest BCUT2D eigenvalue weighted by Crippen LogP contribution is 2.34. The fourth-order valence-corrected chi connectivity index (χ4v) is 5.29. The second-order valence-electron chi connectivity index (χ2n) is 9.22. The lowest BCUT2D eigenvalue weighted by Gasteiger charge is -2.32. The van der Waals surface area contributed by atoms with Crippen LogP contribution in [-0.4, -0.2) is 29.0 Å². The number of benzene rings is 3. The summed E-state index contributed by atoms with van der Waals surface area (Å²) in [6, 6.07) is 18.7. The Balaban J connectivity index is 1.40. The van der Waals surface area contributed by atoms with Gasteiger partial charge in [0.1, 0.15) is 5.82 Å². The van der Waals surface area contributed by atoms with E-state index in [-0.39, 0.29) is 23.6 Å². The average molecular weight is 568 g/mol. The first-order valence-electron chi connectivity index (χ1n) is 12.4. The zero-order chi connectivity index (χ0) is 28.4. The minimum Gasteiger partial charge on any atom is -0.402 e. The molecule has 6 nitrogen and oxygen atoms in total. The van der Waals surface area contributed by atoms with Gasteiger partial charge in [0, 0.05) is 30.1 Å². The molecule has 3 aromatic carbocycles. The second kappa shape index (κ2) is 11.1. The van der Waals surface area contributed by atoms with Crippen molar-refractivity contribution in [2.24, 2.45) is 5.73 Å². The molecule has 206 valence electrons. The number of carbonyl (C=O) groups is 1. The summed E-state index contributed by atoms with van der Waals surface area (Å²) in [5.41, 5.74) is 7.94. The molecule has 0 fully saturated rings. The second-order valence-corrected chi connectivity index (χ2v) is 10.3. The Morgan fingerprint density at radius 2 is 1.82 bits per heavy atom. The molecule has 2 heterocycles. The molecule has 0 aliphatic carbocycles. The van der Waals surface area contributed by atoms with E-state index in [0.29, 0.717) is 52.0 Å². The first kappa shape index (κ1) is 27.3. The zero-order valence-electron chi connectivity index (χ0n) is 21.2. The maximum absolute atomic E-state index is 14.2. The summed E-state index contributed by atoms with van der Waals surface area (Å²) in [4.78, 5) is 24.6. The number of fused-ring (bicyclic) bond motifs is 1. The van der Waals surface area contributed by atoms with Crippen molar-refractivity contribution in [3.63, 3.8) is 0 Å².